The molecule has 3 aromatic carbocycles. The fourth-order valence-corrected chi connectivity index (χ4v) is 3.32. The van der Waals surface area contributed by atoms with Gasteiger partial charge in [-0.2, -0.15) is 5.26 Å². The van der Waals surface area contributed by atoms with E-state index in [-0.39, 0.29) is 0 Å². The van der Waals surface area contributed by atoms with Crippen molar-refractivity contribution in [3.63, 3.8) is 0 Å². The van der Waals surface area contributed by atoms with Crippen LogP contribution in [0, 0.1) is 11.3 Å². The van der Waals surface area contributed by atoms with Crippen molar-refractivity contribution in [3.8, 4) is 6.07 Å². The number of aliphatic hydroxyl groups is 1. The lowest BCUT2D eigenvalue weighted by Gasteiger charge is -2.33. The Bertz CT molecular complexity index is 1060. The second-order valence-electron chi connectivity index (χ2n) is 6.71. The predicted octanol–water partition coefficient (Wildman–Crippen LogP) is 6.03. The van der Waals surface area contributed by atoms with Gasteiger partial charge in [0.2, 0.25) is 0 Å². The molecule has 0 saturated carbocycles. The smallest absolute Gasteiger partial charge is 0.326 e. The van der Waals surface area contributed by atoms with E-state index in [4.69, 9.17) is 28.5 Å². The van der Waals surface area contributed by atoms with Crippen LogP contribution in [0.25, 0.3) is 0 Å². The summed E-state index contributed by atoms with van der Waals surface area (Å²) >= 11 is 11.9. The quantitative estimate of drug-likeness (QED) is 0.509. The number of hydrogen-bond acceptors (Lipinski definition) is 3. The maximum absolute atomic E-state index is 13.2. The average Bonchev–Trinajstić information content (AvgIpc) is 2.76. The van der Waals surface area contributed by atoms with Gasteiger partial charge in [0.1, 0.15) is 0 Å². The normalized spacial score (nSPS) is 12.5. The van der Waals surface area contributed by atoms with Crippen molar-refractivity contribution in [2.24, 2.45) is 0 Å². The Kier molecular flexibility index (Phi) is 6.96. The molecule has 0 fully saturated rings. The Morgan fingerprint density at radius 3 is 2.23 bits per heavy atom. The van der Waals surface area contributed by atoms with E-state index in [0.29, 0.717) is 32.5 Å². The number of urea groups is 1. The van der Waals surface area contributed by atoms with Gasteiger partial charge in [-0.3, -0.25) is 4.90 Å². The van der Waals surface area contributed by atoms with Gasteiger partial charge in [-0.05, 0) is 73.2 Å². The van der Waals surface area contributed by atoms with Crippen molar-refractivity contribution in [1.82, 2.24) is 0 Å². The summed E-state index contributed by atoms with van der Waals surface area (Å²) in [5.74, 6) is 0. The number of aliphatic hydroxyl groups excluding tert-OH is 1. The van der Waals surface area contributed by atoms with Crippen LogP contribution in [0.5, 0.6) is 0 Å². The highest BCUT2D eigenvalue weighted by atomic mass is 35.5. The van der Waals surface area contributed by atoms with Crippen LogP contribution in [0.4, 0.5) is 16.2 Å². The van der Waals surface area contributed by atoms with E-state index in [1.807, 2.05) is 0 Å². The third kappa shape index (κ3) is 5.11. The lowest BCUT2D eigenvalue weighted by molar-refractivity contribution is 0.150. The Labute approximate surface area is 185 Å². The summed E-state index contributed by atoms with van der Waals surface area (Å²) in [6.07, 6.45) is -1.02. The molecule has 2 amide bonds. The van der Waals surface area contributed by atoms with E-state index >= 15 is 0 Å². The van der Waals surface area contributed by atoms with Gasteiger partial charge in [0.05, 0.1) is 23.8 Å². The molecule has 0 aliphatic carbocycles. The molecule has 5 nitrogen and oxygen atoms in total. The first-order valence-corrected chi connectivity index (χ1v) is 9.94. The van der Waals surface area contributed by atoms with Gasteiger partial charge in [-0.25, -0.2) is 4.79 Å². The van der Waals surface area contributed by atoms with Gasteiger partial charge in [-0.15, -0.1) is 0 Å². The monoisotopic (exact) mass is 439 g/mol. The van der Waals surface area contributed by atoms with Crippen molar-refractivity contribution in [3.05, 3.63) is 94.0 Å². The number of benzene rings is 3. The lowest BCUT2D eigenvalue weighted by atomic mass is 10.00. The first-order valence-electron chi connectivity index (χ1n) is 9.18. The van der Waals surface area contributed by atoms with Crippen molar-refractivity contribution < 1.29 is 9.90 Å². The van der Waals surface area contributed by atoms with Crippen LogP contribution in [0.3, 0.4) is 0 Å². The molecule has 2 unspecified atom stereocenters. The fraction of sp³-hybridized carbons (Fsp3) is 0.130. The number of nitrogens with one attached hydrogen (secondary N) is 1. The third-order valence-corrected chi connectivity index (χ3v) is 5.14. The van der Waals surface area contributed by atoms with E-state index in [1.54, 1.807) is 79.7 Å². The maximum atomic E-state index is 13.2. The van der Waals surface area contributed by atoms with Gasteiger partial charge in [-0.1, -0.05) is 35.3 Å². The number of nitriles is 1. The molecule has 7 heteroatoms. The van der Waals surface area contributed by atoms with Crippen LogP contribution in [0.15, 0.2) is 72.8 Å². The molecule has 2 atom stereocenters. The first-order chi connectivity index (χ1) is 14.4. The second-order valence-corrected chi connectivity index (χ2v) is 7.58. The molecule has 0 aromatic heterocycles. The van der Waals surface area contributed by atoms with Crippen LogP contribution in [0.2, 0.25) is 10.0 Å². The van der Waals surface area contributed by atoms with Crippen LogP contribution in [0.1, 0.15) is 24.2 Å². The summed E-state index contributed by atoms with van der Waals surface area (Å²) in [7, 11) is 0. The van der Waals surface area contributed by atoms with Crippen LogP contribution in [-0.2, 0) is 0 Å². The number of carbonyl (C=O) groups excluding carboxylic acids is 1. The summed E-state index contributed by atoms with van der Waals surface area (Å²) in [6, 6.07) is 21.2. The molecule has 2 N–H and O–H groups in total. The average molecular weight is 440 g/mol. The van der Waals surface area contributed by atoms with E-state index in [1.165, 1.54) is 4.90 Å². The van der Waals surface area contributed by atoms with Crippen molar-refractivity contribution >= 4 is 40.6 Å². The molecule has 0 aliphatic heterocycles. The van der Waals surface area contributed by atoms with E-state index < -0.39 is 18.2 Å². The highest BCUT2D eigenvalue weighted by Crippen LogP contribution is 2.28. The molecule has 0 bridgehead atoms. The highest BCUT2D eigenvalue weighted by Gasteiger charge is 2.29. The molecule has 0 radical (unpaired) electrons. The third-order valence-electron chi connectivity index (χ3n) is 4.64. The van der Waals surface area contributed by atoms with E-state index in [2.05, 4.69) is 11.4 Å². The summed E-state index contributed by atoms with van der Waals surface area (Å²) in [4.78, 5) is 14.6. The minimum Gasteiger partial charge on any atom is -0.386 e. The highest BCUT2D eigenvalue weighted by molar-refractivity contribution is 6.31. The molecule has 0 spiro atoms. The number of hydrogen-bond donors (Lipinski definition) is 2. The minimum atomic E-state index is -1.02. The van der Waals surface area contributed by atoms with Crippen molar-refractivity contribution in [2.75, 3.05) is 10.2 Å². The molecular formula is C23H19Cl2N3O2. The molecule has 30 heavy (non-hydrogen) atoms. The summed E-state index contributed by atoms with van der Waals surface area (Å²) in [5.41, 5.74) is 2.10. The Morgan fingerprint density at radius 1 is 1.03 bits per heavy atom. The van der Waals surface area contributed by atoms with Crippen LogP contribution >= 0.6 is 23.2 Å². The molecule has 3 aromatic rings. The number of amides is 2. The van der Waals surface area contributed by atoms with Crippen molar-refractivity contribution in [2.45, 2.75) is 19.1 Å². The zero-order valence-corrected chi connectivity index (χ0v) is 17.6. The van der Waals surface area contributed by atoms with Gasteiger partial charge in [0.15, 0.2) is 0 Å². The molecular weight excluding hydrogens is 421 g/mol. The zero-order chi connectivity index (χ0) is 21.7. The van der Waals surface area contributed by atoms with Gasteiger partial charge in [0.25, 0.3) is 0 Å². The molecule has 152 valence electrons. The summed E-state index contributed by atoms with van der Waals surface area (Å²) < 4.78 is 0. The number of nitrogens with zero attached hydrogens (tertiary/aromatic N) is 2. The fourth-order valence-electron chi connectivity index (χ4n) is 3.07. The summed E-state index contributed by atoms with van der Waals surface area (Å²) in [5, 5.41) is 24.0. The largest absolute Gasteiger partial charge is 0.386 e. The van der Waals surface area contributed by atoms with Crippen molar-refractivity contribution in [1.29, 1.82) is 5.26 Å². The molecule has 0 aliphatic rings. The number of anilines is 2. The number of rotatable bonds is 5. The van der Waals surface area contributed by atoms with E-state index in [0.717, 1.165) is 0 Å². The Morgan fingerprint density at radius 2 is 1.63 bits per heavy atom. The van der Waals surface area contributed by atoms with Gasteiger partial charge in [0, 0.05) is 21.4 Å². The topological polar surface area (TPSA) is 76.4 Å². The van der Waals surface area contributed by atoms with Crippen LogP contribution < -0.4 is 10.2 Å². The molecule has 0 heterocycles. The second kappa shape index (κ2) is 9.64. The SMILES string of the molecule is CC(C(O)c1cccc(C#N)c1)N(C(=O)Nc1ccc(Cl)cc1)c1ccc(Cl)cc1. The number of halogens is 2. The van der Waals surface area contributed by atoms with E-state index in [9.17, 15) is 9.90 Å². The Hall–Kier alpha value is -3.04. The zero-order valence-electron chi connectivity index (χ0n) is 16.1. The maximum Gasteiger partial charge on any atom is 0.326 e. The van der Waals surface area contributed by atoms with Gasteiger partial charge < -0.3 is 10.4 Å². The molecule has 3 rings (SSSR count). The van der Waals surface area contributed by atoms with Crippen LogP contribution in [-0.4, -0.2) is 17.2 Å². The Balaban J connectivity index is 1.93. The summed E-state index contributed by atoms with van der Waals surface area (Å²) in [6.45, 7) is 1.74. The number of carbonyl (C=O) groups is 1. The molecule has 0 saturated heterocycles. The lowest BCUT2D eigenvalue weighted by Crippen LogP contribution is -2.44. The first kappa shape index (κ1) is 21.7. The minimum absolute atomic E-state index is 0.428. The predicted molar refractivity (Wildman–Crippen MR) is 120 cm³/mol. The van der Waals surface area contributed by atoms with Gasteiger partial charge >= 0.3 is 6.03 Å². The standard InChI is InChI=1S/C23H19Cl2N3O2/c1-15(22(29)17-4-2-3-16(13-17)14-26)28(21-11-7-19(25)8-12-21)23(30)27-20-9-5-18(24)6-10-20/h2-13,15,22,29H,1H3,(H,27,30).